The number of hydrogen-bond donors (Lipinski definition) is 1. The van der Waals surface area contributed by atoms with E-state index in [1.54, 1.807) is 11.8 Å². The Balaban J connectivity index is 1.71. The molecule has 0 radical (unpaired) electrons. The third-order valence-electron chi connectivity index (χ3n) is 5.77. The molecule has 1 saturated heterocycles. The van der Waals surface area contributed by atoms with E-state index in [-0.39, 0.29) is 29.8 Å². The average Bonchev–Trinajstić information content (AvgIpc) is 2.65. The predicted molar refractivity (Wildman–Crippen MR) is 112 cm³/mol. The Morgan fingerprint density at radius 2 is 2.19 bits per heavy atom. The first-order chi connectivity index (χ1) is 12.9. The van der Waals surface area contributed by atoms with Crippen LogP contribution in [-0.2, 0) is 9.59 Å². The van der Waals surface area contributed by atoms with Crippen LogP contribution in [0.15, 0.2) is 29.2 Å². The number of nitrogens with one attached hydrogen (secondary N) is 1. The Bertz CT molecular complexity index is 746. The zero-order valence-electron chi connectivity index (χ0n) is 16.7. The van der Waals surface area contributed by atoms with Crippen molar-refractivity contribution >= 4 is 29.7 Å². The highest BCUT2D eigenvalue weighted by molar-refractivity contribution is 8.04. The van der Waals surface area contributed by atoms with Gasteiger partial charge in [-0.1, -0.05) is 36.8 Å². The molecule has 0 aromatic heterocycles. The van der Waals surface area contributed by atoms with Crippen molar-refractivity contribution in [1.29, 1.82) is 0 Å². The molecule has 2 amide bonds. The van der Waals surface area contributed by atoms with Crippen molar-refractivity contribution in [3.63, 3.8) is 0 Å². The molecule has 0 spiro atoms. The third kappa shape index (κ3) is 4.57. The van der Waals surface area contributed by atoms with Gasteiger partial charge in [0, 0.05) is 30.3 Å². The van der Waals surface area contributed by atoms with Gasteiger partial charge in [-0.05, 0) is 51.2 Å². The van der Waals surface area contributed by atoms with Crippen molar-refractivity contribution in [2.24, 2.45) is 5.92 Å². The summed E-state index contributed by atoms with van der Waals surface area (Å²) in [5.41, 5.74) is 2.26. The quantitative estimate of drug-likeness (QED) is 0.796. The second-order valence-corrected chi connectivity index (χ2v) is 9.17. The van der Waals surface area contributed by atoms with E-state index in [1.165, 1.54) is 5.56 Å². The number of benzene rings is 1. The van der Waals surface area contributed by atoms with Gasteiger partial charge in [0.2, 0.25) is 5.91 Å². The Labute approximate surface area is 166 Å². The van der Waals surface area contributed by atoms with Crippen LogP contribution >= 0.6 is 11.8 Å². The van der Waals surface area contributed by atoms with Gasteiger partial charge in [0.25, 0.3) is 5.91 Å². The zero-order chi connectivity index (χ0) is 19.6. The monoisotopic (exact) mass is 386 g/mol. The first-order valence-electron chi connectivity index (χ1n) is 9.91. The van der Waals surface area contributed by atoms with Crippen LogP contribution in [0.1, 0.15) is 50.7 Å². The number of fused-ring (bicyclic) bond motifs is 1. The molecule has 2 aliphatic rings. The van der Waals surface area contributed by atoms with Gasteiger partial charge in [-0.25, -0.2) is 0 Å². The lowest BCUT2D eigenvalue weighted by Crippen LogP contribution is -2.52. The van der Waals surface area contributed by atoms with E-state index >= 15 is 0 Å². The van der Waals surface area contributed by atoms with Gasteiger partial charge in [-0.3, -0.25) is 9.59 Å². The predicted octanol–water partition coefficient (Wildman–Crippen LogP) is 3.99. The minimum absolute atomic E-state index is 0.0124. The molecule has 4 nitrogen and oxygen atoms in total. The van der Waals surface area contributed by atoms with E-state index < -0.39 is 0 Å². The molecular weight excluding hydrogens is 356 g/mol. The summed E-state index contributed by atoms with van der Waals surface area (Å²) >= 11 is 1.70. The normalized spacial score (nSPS) is 28.0. The third-order valence-corrected chi connectivity index (χ3v) is 7.17. The molecule has 146 valence electrons. The molecule has 1 N–H and O–H groups in total. The fraction of sp³-hybridized carbons (Fsp3) is 0.545. The largest absolute Gasteiger partial charge is 0.353 e. The number of hydrogen-bond acceptors (Lipinski definition) is 3. The standard InChI is InChI=1S/C22H30N2O2S/c1-5-15(3)23-21(25)17-9-10-19-18(13-17)24(4)22(26)20(27-19)12-16-8-6-7-14(2)11-16/h6-8,11-12,15,17-19H,5,9-10,13H2,1-4H3,(H,23,25)/b20-12-. The van der Waals surface area contributed by atoms with Gasteiger partial charge in [-0.2, -0.15) is 0 Å². The molecule has 3 rings (SSSR count). The van der Waals surface area contributed by atoms with Gasteiger partial charge >= 0.3 is 0 Å². The highest BCUT2D eigenvalue weighted by Gasteiger charge is 2.42. The summed E-state index contributed by atoms with van der Waals surface area (Å²) < 4.78 is 0. The number of rotatable bonds is 4. The van der Waals surface area contributed by atoms with Crippen LogP contribution in [0.25, 0.3) is 6.08 Å². The number of carbonyl (C=O) groups excluding carboxylic acids is 2. The summed E-state index contributed by atoms with van der Waals surface area (Å²) in [6.07, 6.45) is 5.58. The second-order valence-electron chi connectivity index (χ2n) is 7.89. The topological polar surface area (TPSA) is 49.4 Å². The van der Waals surface area contributed by atoms with Crippen molar-refractivity contribution < 1.29 is 9.59 Å². The highest BCUT2D eigenvalue weighted by atomic mass is 32.2. The van der Waals surface area contributed by atoms with E-state index in [2.05, 4.69) is 31.3 Å². The van der Waals surface area contributed by atoms with Gasteiger partial charge < -0.3 is 10.2 Å². The van der Waals surface area contributed by atoms with Gasteiger partial charge in [0.15, 0.2) is 0 Å². The summed E-state index contributed by atoms with van der Waals surface area (Å²) in [5.74, 6) is 0.235. The van der Waals surface area contributed by atoms with E-state index in [0.29, 0.717) is 5.25 Å². The molecule has 1 aromatic carbocycles. The highest BCUT2D eigenvalue weighted by Crippen LogP contribution is 2.43. The number of likely N-dealkylation sites (N-methyl/N-ethyl adjacent to an activating group) is 1. The van der Waals surface area contributed by atoms with Gasteiger partial charge in [0.05, 0.1) is 4.91 Å². The molecule has 4 atom stereocenters. The number of amides is 2. The Hall–Kier alpha value is -1.75. The lowest BCUT2D eigenvalue weighted by molar-refractivity contribution is -0.132. The molecule has 2 fully saturated rings. The van der Waals surface area contributed by atoms with Gasteiger partial charge in [-0.15, -0.1) is 11.8 Å². The first kappa shape index (κ1) is 20.0. The molecule has 1 saturated carbocycles. The Kier molecular flexibility index (Phi) is 6.30. The lowest BCUT2D eigenvalue weighted by atomic mass is 9.83. The van der Waals surface area contributed by atoms with Gasteiger partial charge in [0.1, 0.15) is 0 Å². The smallest absolute Gasteiger partial charge is 0.260 e. The first-order valence-corrected chi connectivity index (χ1v) is 10.8. The fourth-order valence-corrected chi connectivity index (χ4v) is 5.39. The summed E-state index contributed by atoms with van der Waals surface area (Å²) in [5, 5.41) is 3.48. The maximum Gasteiger partial charge on any atom is 0.260 e. The molecular formula is C22H30N2O2S. The van der Waals surface area contributed by atoms with E-state index in [9.17, 15) is 9.59 Å². The molecule has 27 heavy (non-hydrogen) atoms. The SMILES string of the molecule is CCC(C)NC(=O)C1CCC2S/C(=C\c3cccc(C)c3)C(=O)N(C)C2C1. The van der Waals surface area contributed by atoms with Crippen molar-refractivity contribution in [1.82, 2.24) is 10.2 Å². The molecule has 1 aliphatic heterocycles. The van der Waals surface area contributed by atoms with Crippen LogP contribution in [0.5, 0.6) is 0 Å². The summed E-state index contributed by atoms with van der Waals surface area (Å²) in [4.78, 5) is 28.1. The summed E-state index contributed by atoms with van der Waals surface area (Å²) in [7, 11) is 1.89. The number of thioether (sulfide) groups is 1. The van der Waals surface area contributed by atoms with Crippen LogP contribution in [-0.4, -0.2) is 41.1 Å². The minimum atomic E-state index is 0.0124. The maximum atomic E-state index is 12.9. The molecule has 5 heteroatoms. The van der Waals surface area contributed by atoms with Crippen molar-refractivity contribution in [2.45, 2.75) is 63.8 Å². The Morgan fingerprint density at radius 1 is 1.41 bits per heavy atom. The van der Waals surface area contributed by atoms with Crippen LogP contribution in [0.3, 0.4) is 0 Å². The summed E-state index contributed by atoms with van der Waals surface area (Å²) in [6, 6.07) is 8.57. The van der Waals surface area contributed by atoms with E-state index in [0.717, 1.165) is 36.2 Å². The molecule has 4 unspecified atom stereocenters. The number of carbonyl (C=O) groups is 2. The fourth-order valence-electron chi connectivity index (χ4n) is 3.91. The van der Waals surface area contributed by atoms with Crippen LogP contribution in [0.4, 0.5) is 0 Å². The van der Waals surface area contributed by atoms with Crippen molar-refractivity contribution in [3.05, 3.63) is 40.3 Å². The van der Waals surface area contributed by atoms with Crippen LogP contribution < -0.4 is 5.32 Å². The minimum Gasteiger partial charge on any atom is -0.353 e. The molecule has 1 aliphatic carbocycles. The molecule has 1 aromatic rings. The van der Waals surface area contributed by atoms with E-state index in [1.807, 2.05) is 37.1 Å². The van der Waals surface area contributed by atoms with E-state index in [4.69, 9.17) is 0 Å². The van der Waals surface area contributed by atoms with Crippen molar-refractivity contribution in [3.8, 4) is 0 Å². The molecule has 0 bridgehead atoms. The molecule has 1 heterocycles. The van der Waals surface area contributed by atoms with Crippen LogP contribution in [0, 0.1) is 12.8 Å². The van der Waals surface area contributed by atoms with Crippen LogP contribution in [0.2, 0.25) is 0 Å². The lowest BCUT2D eigenvalue weighted by Gasteiger charge is -2.44. The maximum absolute atomic E-state index is 12.9. The zero-order valence-corrected chi connectivity index (χ0v) is 17.5. The van der Waals surface area contributed by atoms with Crippen molar-refractivity contribution in [2.75, 3.05) is 7.05 Å². The average molecular weight is 387 g/mol. The second kappa shape index (κ2) is 8.51. The summed E-state index contributed by atoms with van der Waals surface area (Å²) in [6.45, 7) is 6.18. The number of aryl methyl sites for hydroxylation is 1. The Morgan fingerprint density at radius 3 is 2.89 bits per heavy atom. The number of nitrogens with zero attached hydrogens (tertiary/aromatic N) is 1.